The van der Waals surface area contributed by atoms with Crippen LogP contribution in [-0.2, 0) is 38.7 Å². The molecule has 0 N–H and O–H groups in total. The number of fused-ring (bicyclic) bond motifs is 1. The Labute approximate surface area is 199 Å². The number of ether oxygens (including phenoxy) is 1. The minimum atomic E-state index is -4.12. The van der Waals surface area contributed by atoms with Gasteiger partial charge in [0.05, 0.1) is 6.61 Å². The zero-order valence-corrected chi connectivity index (χ0v) is 21.2. The van der Waals surface area contributed by atoms with E-state index in [0.29, 0.717) is 24.2 Å². The number of hydrogen-bond donors (Lipinski definition) is 0. The average molecular weight is 503 g/mol. The van der Waals surface area contributed by atoms with Gasteiger partial charge in [0.15, 0.2) is 6.23 Å². The number of benzene rings is 2. The van der Waals surface area contributed by atoms with Crippen LogP contribution in [0.3, 0.4) is 0 Å². The lowest BCUT2D eigenvalue weighted by molar-refractivity contribution is -0.148. The van der Waals surface area contributed by atoms with Crippen molar-refractivity contribution in [1.29, 1.82) is 0 Å². The van der Waals surface area contributed by atoms with Gasteiger partial charge in [0, 0.05) is 37.6 Å². The van der Waals surface area contributed by atoms with Gasteiger partial charge in [-0.2, -0.15) is 0 Å². The third-order valence-electron chi connectivity index (χ3n) is 4.71. The summed E-state index contributed by atoms with van der Waals surface area (Å²) in [6.07, 6.45) is 1.36. The quantitative estimate of drug-likeness (QED) is 0.378. The predicted molar refractivity (Wildman–Crippen MR) is 125 cm³/mol. The summed E-state index contributed by atoms with van der Waals surface area (Å²) in [5, 5.41) is 1.00. The summed E-state index contributed by atoms with van der Waals surface area (Å²) in [6, 6.07) is 15.5. The van der Waals surface area contributed by atoms with Crippen LogP contribution in [0.15, 0.2) is 61.2 Å². The van der Waals surface area contributed by atoms with E-state index in [1.165, 1.54) is 0 Å². The molecule has 1 unspecified atom stereocenters. The Kier molecular flexibility index (Phi) is 7.92. The van der Waals surface area contributed by atoms with Crippen LogP contribution in [0, 0.1) is 0 Å². The van der Waals surface area contributed by atoms with Gasteiger partial charge in [0.25, 0.3) is 17.9 Å². The molecule has 34 heavy (non-hydrogen) atoms. The van der Waals surface area contributed by atoms with Crippen LogP contribution in [0.2, 0.25) is 6.04 Å². The molecule has 0 radical (unpaired) electrons. The molecule has 0 aromatic heterocycles. The van der Waals surface area contributed by atoms with E-state index in [1.807, 2.05) is 30.3 Å². The first kappa shape index (κ1) is 25.2. The Morgan fingerprint density at radius 1 is 1.00 bits per heavy atom. The number of hydrogen-bond acceptors (Lipinski definition) is 9. The number of carbonyl (C=O) groups is 3. The lowest BCUT2D eigenvalue weighted by Gasteiger charge is -2.35. The number of rotatable bonds is 9. The van der Waals surface area contributed by atoms with E-state index < -0.39 is 41.5 Å². The van der Waals surface area contributed by atoms with Crippen LogP contribution in [0.5, 0.6) is 11.5 Å². The molecular formula is C23H26O9Si2. The van der Waals surface area contributed by atoms with Gasteiger partial charge in [-0.25, -0.2) is 0 Å². The summed E-state index contributed by atoms with van der Waals surface area (Å²) in [7, 11) is -6.87. The molecule has 1 heterocycles. The molecule has 2 aromatic carbocycles. The molecule has 0 fully saturated rings. The summed E-state index contributed by atoms with van der Waals surface area (Å²) >= 11 is 0. The topological polar surface area (TPSA) is 107 Å². The Balaban J connectivity index is 1.82. The lowest BCUT2D eigenvalue weighted by Crippen LogP contribution is -2.57. The Bertz CT molecular complexity index is 1030. The van der Waals surface area contributed by atoms with Crippen molar-refractivity contribution < 1.29 is 41.3 Å². The van der Waals surface area contributed by atoms with E-state index in [4.69, 9.17) is 26.9 Å². The first-order chi connectivity index (χ1) is 16.2. The Morgan fingerprint density at radius 2 is 1.62 bits per heavy atom. The van der Waals surface area contributed by atoms with E-state index in [0.717, 1.165) is 31.5 Å². The van der Waals surface area contributed by atoms with Crippen molar-refractivity contribution in [2.45, 2.75) is 33.4 Å². The van der Waals surface area contributed by atoms with Crippen molar-refractivity contribution in [3.05, 3.63) is 66.7 Å². The Hall–Kier alpha value is -3.42. The molecule has 0 amide bonds. The van der Waals surface area contributed by atoms with Crippen LogP contribution >= 0.6 is 0 Å². The van der Waals surface area contributed by atoms with Gasteiger partial charge >= 0.3 is 17.4 Å². The maximum Gasteiger partial charge on any atom is 0.745 e. The molecule has 3 rings (SSSR count). The average Bonchev–Trinajstić information content (AvgIpc) is 2.77. The van der Waals surface area contributed by atoms with Crippen LogP contribution in [0.4, 0.5) is 0 Å². The lowest BCUT2D eigenvalue weighted by atomic mass is 10.2. The molecule has 1 aliphatic rings. The summed E-state index contributed by atoms with van der Waals surface area (Å²) in [5.74, 6) is -1.27. The highest BCUT2D eigenvalue weighted by Crippen LogP contribution is 2.34. The van der Waals surface area contributed by atoms with Crippen molar-refractivity contribution in [3.8, 4) is 11.5 Å². The number of carbonyl (C=O) groups excluding carboxylic acids is 3. The summed E-state index contributed by atoms with van der Waals surface area (Å²) in [4.78, 5) is 34.8. The first-order valence-electron chi connectivity index (χ1n) is 10.5. The second kappa shape index (κ2) is 10.7. The van der Waals surface area contributed by atoms with Crippen molar-refractivity contribution >= 4 is 40.5 Å². The van der Waals surface area contributed by atoms with Crippen LogP contribution in [-0.4, -0.2) is 41.5 Å². The molecule has 0 saturated carbocycles. The van der Waals surface area contributed by atoms with Gasteiger partial charge in [-0.1, -0.05) is 36.4 Å². The minimum absolute atomic E-state index is 0.294. The fourth-order valence-corrected chi connectivity index (χ4v) is 8.24. The fourth-order valence-electron chi connectivity index (χ4n) is 3.48. The van der Waals surface area contributed by atoms with Crippen molar-refractivity contribution in [2.24, 2.45) is 0 Å². The monoisotopic (exact) mass is 502 g/mol. The molecule has 180 valence electrons. The molecule has 1 atom stereocenters. The molecule has 9 nitrogen and oxygen atoms in total. The SMILES string of the molecule is C=CC[Si]1(c2ccccc2)OCc2cc(OC[Si](OC(C)=O)(OC(C)=O)OC(C)=O)ccc2O1. The zero-order chi connectivity index (χ0) is 24.8. The number of allylic oxidation sites excluding steroid dienone is 1. The maximum absolute atomic E-state index is 11.6. The highest BCUT2D eigenvalue weighted by molar-refractivity contribution is 6.82. The highest BCUT2D eigenvalue weighted by atomic mass is 28.4. The normalized spacial score (nSPS) is 16.9. The maximum atomic E-state index is 11.6. The molecule has 11 heteroatoms. The van der Waals surface area contributed by atoms with E-state index in [9.17, 15) is 14.4 Å². The smallest absolute Gasteiger partial charge is 0.517 e. The highest BCUT2D eigenvalue weighted by Gasteiger charge is 2.54. The molecule has 0 saturated heterocycles. The Morgan fingerprint density at radius 3 is 2.18 bits per heavy atom. The molecule has 0 aliphatic carbocycles. The van der Waals surface area contributed by atoms with E-state index in [-0.39, 0.29) is 0 Å². The van der Waals surface area contributed by atoms with Gasteiger partial charge in [0.1, 0.15) is 11.5 Å². The van der Waals surface area contributed by atoms with Gasteiger partial charge in [-0.15, -0.1) is 6.58 Å². The second-order valence-electron chi connectivity index (χ2n) is 7.52. The third kappa shape index (κ3) is 6.13. The minimum Gasteiger partial charge on any atom is -0.517 e. The zero-order valence-electron chi connectivity index (χ0n) is 19.2. The van der Waals surface area contributed by atoms with E-state index in [1.54, 1.807) is 24.3 Å². The second-order valence-corrected chi connectivity index (χ2v) is 12.8. The fraction of sp³-hybridized carbons (Fsp3) is 0.261. The van der Waals surface area contributed by atoms with Crippen molar-refractivity contribution in [1.82, 2.24) is 0 Å². The van der Waals surface area contributed by atoms with Crippen molar-refractivity contribution in [3.63, 3.8) is 0 Å². The van der Waals surface area contributed by atoms with Crippen molar-refractivity contribution in [2.75, 3.05) is 6.23 Å². The largest absolute Gasteiger partial charge is 0.745 e. The molecule has 1 aliphatic heterocycles. The van der Waals surface area contributed by atoms with E-state index in [2.05, 4.69) is 6.58 Å². The molecule has 2 aromatic rings. The first-order valence-corrected chi connectivity index (χ1v) is 14.5. The van der Waals surface area contributed by atoms with Crippen LogP contribution in [0.25, 0.3) is 0 Å². The van der Waals surface area contributed by atoms with Crippen LogP contribution in [0.1, 0.15) is 26.3 Å². The molecule has 0 bridgehead atoms. The summed E-state index contributed by atoms with van der Waals surface area (Å²) in [5.41, 5.74) is 0.750. The standard InChI is InChI=1S/C23H26O9Si2/c1-5-13-33(22-9-7-6-8-10-22)28-15-20-14-21(11-12-23(20)32-33)27-16-34(29-17(2)24,30-18(3)25)31-19(4)26/h5-12,14H,1,13,15-16H2,2-4H3. The summed E-state index contributed by atoms with van der Waals surface area (Å²) in [6.45, 7) is 7.51. The molecule has 0 spiro atoms. The molecular weight excluding hydrogens is 476 g/mol. The van der Waals surface area contributed by atoms with Gasteiger partial charge in [-0.3, -0.25) is 14.4 Å². The van der Waals surface area contributed by atoms with Gasteiger partial charge in [-0.05, 0) is 18.2 Å². The van der Waals surface area contributed by atoms with E-state index >= 15 is 0 Å². The van der Waals surface area contributed by atoms with Gasteiger partial charge in [0.2, 0.25) is 0 Å². The van der Waals surface area contributed by atoms with Crippen LogP contribution < -0.4 is 14.3 Å². The van der Waals surface area contributed by atoms with Gasteiger partial charge < -0.3 is 26.9 Å². The third-order valence-corrected chi connectivity index (χ3v) is 10.2. The predicted octanol–water partition coefficient (Wildman–Crippen LogP) is 2.68. The summed E-state index contributed by atoms with van der Waals surface area (Å²) < 4.78 is 33.8.